The van der Waals surface area contributed by atoms with Gasteiger partial charge >= 0.3 is 5.63 Å². The normalized spacial score (nSPS) is 12.6. The Bertz CT molecular complexity index is 1600. The van der Waals surface area contributed by atoms with Gasteiger partial charge in [0.25, 0.3) is 5.91 Å². The van der Waals surface area contributed by atoms with E-state index in [0.717, 1.165) is 5.56 Å². The van der Waals surface area contributed by atoms with Crippen molar-refractivity contribution < 1.29 is 19.2 Å². The molecule has 0 spiro atoms. The maximum absolute atomic E-state index is 13.6. The number of benzene rings is 4. The quantitative estimate of drug-likeness (QED) is 0.317. The number of nitrogens with one attached hydrogen (secondary N) is 1. The topological polar surface area (TPSA) is 102 Å². The zero-order valence-corrected chi connectivity index (χ0v) is 20.0. The number of hydrogen-bond acceptors (Lipinski definition) is 6. The van der Waals surface area contributed by atoms with Gasteiger partial charge in [0.2, 0.25) is 0 Å². The molecule has 1 atom stereocenters. The highest BCUT2D eigenvalue weighted by atomic mass is 16.5. The van der Waals surface area contributed by atoms with Crippen molar-refractivity contribution in [1.29, 1.82) is 0 Å². The summed E-state index contributed by atoms with van der Waals surface area (Å²) in [5, 5.41) is 19.3. The third kappa shape index (κ3) is 5.12. The summed E-state index contributed by atoms with van der Waals surface area (Å²) in [7, 11) is 0. The van der Waals surface area contributed by atoms with E-state index in [1.54, 1.807) is 49.4 Å². The maximum atomic E-state index is 13.6. The van der Waals surface area contributed by atoms with Gasteiger partial charge in [0.05, 0.1) is 11.1 Å². The van der Waals surface area contributed by atoms with Crippen molar-refractivity contribution in [1.82, 2.24) is 5.16 Å². The Morgan fingerprint density at radius 3 is 2.24 bits per heavy atom. The zero-order valence-electron chi connectivity index (χ0n) is 20.0. The van der Waals surface area contributed by atoms with Crippen LogP contribution in [0, 0.1) is 6.92 Å². The molecule has 1 heterocycles. The predicted molar refractivity (Wildman–Crippen MR) is 141 cm³/mol. The molecular weight excluding hydrogens is 468 g/mol. The lowest BCUT2D eigenvalue weighted by atomic mass is 9.86. The Hall–Kier alpha value is -4.75. The second-order valence-electron chi connectivity index (χ2n) is 8.73. The van der Waals surface area contributed by atoms with Crippen molar-refractivity contribution >= 4 is 22.4 Å². The number of nitrogens with zero attached hydrogens (tertiary/aromatic N) is 1. The first-order valence-electron chi connectivity index (χ1n) is 11.7. The van der Waals surface area contributed by atoms with Crippen LogP contribution in [0.4, 0.5) is 5.69 Å². The molecule has 2 N–H and O–H groups in total. The van der Waals surface area contributed by atoms with Gasteiger partial charge < -0.3 is 19.7 Å². The average Bonchev–Trinajstić information content (AvgIpc) is 2.92. The molecule has 37 heavy (non-hydrogen) atoms. The highest BCUT2D eigenvalue weighted by molar-refractivity contribution is 6.00. The third-order valence-electron chi connectivity index (χ3n) is 6.14. The van der Waals surface area contributed by atoms with Gasteiger partial charge in [0, 0.05) is 17.5 Å². The van der Waals surface area contributed by atoms with Gasteiger partial charge in [0.15, 0.2) is 5.60 Å². The van der Waals surface area contributed by atoms with Crippen molar-refractivity contribution in [3.05, 3.63) is 130 Å². The lowest BCUT2D eigenvalue weighted by molar-refractivity contribution is -0.135. The fourth-order valence-corrected chi connectivity index (χ4v) is 4.17. The van der Waals surface area contributed by atoms with Crippen LogP contribution >= 0.6 is 0 Å². The van der Waals surface area contributed by atoms with Crippen LogP contribution in [0.15, 0.2) is 112 Å². The van der Waals surface area contributed by atoms with Gasteiger partial charge in [-0.05, 0) is 60.5 Å². The van der Waals surface area contributed by atoms with E-state index in [-0.39, 0.29) is 6.42 Å². The van der Waals surface area contributed by atoms with E-state index in [4.69, 9.17) is 9.26 Å². The van der Waals surface area contributed by atoms with E-state index < -0.39 is 17.1 Å². The molecule has 184 valence electrons. The third-order valence-corrected chi connectivity index (χ3v) is 6.14. The first kappa shape index (κ1) is 24.0. The van der Waals surface area contributed by atoms with Crippen molar-refractivity contribution in [3.63, 3.8) is 0 Å². The van der Waals surface area contributed by atoms with Crippen LogP contribution in [-0.2, 0) is 16.8 Å². The Balaban J connectivity index is 1.47. The largest absolute Gasteiger partial charge is 0.457 e. The van der Waals surface area contributed by atoms with Gasteiger partial charge in [-0.15, -0.1) is 0 Å². The van der Waals surface area contributed by atoms with E-state index in [9.17, 15) is 14.7 Å². The number of carbonyl (C=O) groups is 1. The maximum Gasteiger partial charge on any atom is 0.366 e. The number of anilines is 1. The summed E-state index contributed by atoms with van der Waals surface area (Å²) in [6.07, 6.45) is 0.0519. The smallest absolute Gasteiger partial charge is 0.366 e. The monoisotopic (exact) mass is 492 g/mol. The number of para-hydroxylation sites is 1. The second-order valence-corrected chi connectivity index (χ2v) is 8.73. The summed E-state index contributed by atoms with van der Waals surface area (Å²) in [5.41, 5.74) is -0.306. The molecule has 0 aliphatic heterocycles. The number of rotatable bonds is 7. The molecule has 7 heteroatoms. The second kappa shape index (κ2) is 10.1. The molecule has 0 aliphatic carbocycles. The van der Waals surface area contributed by atoms with E-state index in [2.05, 4.69) is 10.5 Å². The number of aliphatic hydroxyl groups is 1. The molecule has 5 aromatic rings. The van der Waals surface area contributed by atoms with Gasteiger partial charge in [-0.2, -0.15) is 0 Å². The highest BCUT2D eigenvalue weighted by Crippen LogP contribution is 2.31. The van der Waals surface area contributed by atoms with Crippen LogP contribution in [0.2, 0.25) is 0 Å². The van der Waals surface area contributed by atoms with Gasteiger partial charge in [-0.25, -0.2) is 4.79 Å². The summed E-state index contributed by atoms with van der Waals surface area (Å²) in [5.74, 6) is 0.650. The molecule has 1 aromatic heterocycles. The van der Waals surface area contributed by atoms with Crippen molar-refractivity contribution in [2.75, 3.05) is 5.32 Å². The first-order chi connectivity index (χ1) is 17.9. The van der Waals surface area contributed by atoms with Crippen LogP contribution in [0.25, 0.3) is 10.8 Å². The number of ether oxygens (including phenoxy) is 1. The summed E-state index contributed by atoms with van der Waals surface area (Å²) in [6, 6.07) is 30.3. The van der Waals surface area contributed by atoms with Gasteiger partial charge in [-0.3, -0.25) is 4.79 Å². The summed E-state index contributed by atoms with van der Waals surface area (Å²) in [4.78, 5) is 25.6. The summed E-state index contributed by atoms with van der Waals surface area (Å²) in [6.45, 7) is 1.71. The molecule has 1 amide bonds. The fraction of sp³-hybridized carbons (Fsp3) is 0.100. The number of fused-ring (bicyclic) bond motifs is 1. The van der Waals surface area contributed by atoms with E-state index in [1.807, 2.05) is 60.7 Å². The molecule has 0 saturated heterocycles. The molecule has 0 saturated carbocycles. The van der Waals surface area contributed by atoms with Crippen LogP contribution in [0.5, 0.6) is 11.5 Å². The molecule has 7 nitrogen and oxygen atoms in total. The fourth-order valence-electron chi connectivity index (χ4n) is 4.17. The number of hydrogen-bond donors (Lipinski definition) is 2. The average molecular weight is 493 g/mol. The predicted octanol–water partition coefficient (Wildman–Crippen LogP) is 5.36. The van der Waals surface area contributed by atoms with Crippen molar-refractivity contribution in [3.8, 4) is 11.5 Å². The van der Waals surface area contributed by atoms with Crippen LogP contribution < -0.4 is 15.7 Å². The molecule has 0 radical (unpaired) electrons. The zero-order chi connectivity index (χ0) is 25.8. The molecule has 4 aromatic carbocycles. The highest BCUT2D eigenvalue weighted by Gasteiger charge is 2.38. The minimum atomic E-state index is -1.88. The summed E-state index contributed by atoms with van der Waals surface area (Å²) < 4.78 is 10.6. The summed E-state index contributed by atoms with van der Waals surface area (Å²) >= 11 is 0. The van der Waals surface area contributed by atoms with Crippen LogP contribution in [-0.4, -0.2) is 16.2 Å². The van der Waals surface area contributed by atoms with Crippen LogP contribution in [0.1, 0.15) is 16.8 Å². The van der Waals surface area contributed by atoms with Gasteiger partial charge in [0.1, 0.15) is 11.5 Å². The molecule has 0 bridgehead atoms. The van der Waals surface area contributed by atoms with Crippen molar-refractivity contribution in [2.45, 2.75) is 18.9 Å². The van der Waals surface area contributed by atoms with E-state index >= 15 is 0 Å². The standard InChI is InChI=1S/C30H24N2O5/c1-20-27-18-23(14-17-26(27)28(33)37-32-20)31-29(34)30(35,19-21-8-4-2-5-9-21)22-12-15-25(16-13-22)36-24-10-6-3-7-11-24/h2-18,35H,19H2,1H3,(H,31,34). The Labute approximate surface area is 213 Å². The molecule has 5 rings (SSSR count). The number of amides is 1. The van der Waals surface area contributed by atoms with Crippen LogP contribution in [0.3, 0.4) is 0 Å². The molecule has 0 fully saturated rings. The van der Waals surface area contributed by atoms with E-state index in [0.29, 0.717) is 39.2 Å². The van der Waals surface area contributed by atoms with Crippen molar-refractivity contribution in [2.24, 2.45) is 0 Å². The SMILES string of the molecule is Cc1noc(=O)c2ccc(NC(=O)C(O)(Cc3ccccc3)c3ccc(Oc4ccccc4)cc3)cc12. The lowest BCUT2D eigenvalue weighted by Gasteiger charge is -2.28. The minimum Gasteiger partial charge on any atom is -0.457 e. The number of aryl methyl sites for hydroxylation is 1. The lowest BCUT2D eigenvalue weighted by Crippen LogP contribution is -2.42. The number of aromatic nitrogens is 1. The molecule has 1 unspecified atom stereocenters. The molecular formula is C30H24N2O5. The first-order valence-corrected chi connectivity index (χ1v) is 11.7. The number of carbonyl (C=O) groups excluding carboxylic acids is 1. The Kier molecular flexibility index (Phi) is 6.53. The Morgan fingerprint density at radius 1 is 0.892 bits per heavy atom. The van der Waals surface area contributed by atoms with Gasteiger partial charge in [-0.1, -0.05) is 65.8 Å². The minimum absolute atomic E-state index is 0.0519. The van der Waals surface area contributed by atoms with E-state index in [1.165, 1.54) is 0 Å². The molecule has 0 aliphatic rings. The Morgan fingerprint density at radius 2 is 1.54 bits per heavy atom.